The summed E-state index contributed by atoms with van der Waals surface area (Å²) in [7, 11) is -2.26. The van der Waals surface area contributed by atoms with Crippen molar-refractivity contribution in [1.29, 1.82) is 0 Å². The van der Waals surface area contributed by atoms with Crippen molar-refractivity contribution in [2.24, 2.45) is 5.92 Å². The van der Waals surface area contributed by atoms with Gasteiger partial charge in [0.25, 0.3) is 0 Å². The lowest BCUT2D eigenvalue weighted by Crippen LogP contribution is -2.40. The van der Waals surface area contributed by atoms with Crippen LogP contribution in [0.25, 0.3) is 0 Å². The molecule has 0 aliphatic heterocycles. The first-order valence-corrected chi connectivity index (χ1v) is 10.6. The zero-order valence-corrected chi connectivity index (χ0v) is 16.8. The highest BCUT2D eigenvalue weighted by Crippen LogP contribution is 2.40. The normalized spacial score (nSPS) is 15.6. The fourth-order valence-electron chi connectivity index (χ4n) is 3.12. The second-order valence-corrected chi connectivity index (χ2v) is 9.35. The number of sulfonamides is 1. The van der Waals surface area contributed by atoms with E-state index < -0.39 is 10.0 Å². The number of likely N-dealkylation sites (N-methyl/N-ethyl adjacent to an activating group) is 1. The fraction of sp³-hybridized carbons (Fsp3) is 0.381. The number of benzene rings is 2. The highest BCUT2D eigenvalue weighted by molar-refractivity contribution is 7.89. The van der Waals surface area contributed by atoms with Crippen molar-refractivity contribution in [2.45, 2.75) is 37.6 Å². The standard InChI is InChI=1S/C21H26N2O3S/c1-15-9-12-19(13-16(15)2)27(25,26)23(3)14-20(24)22-21(18-10-11-18)17-7-5-4-6-8-17/h4-9,12-13,18,21H,10-11,14H2,1-3H3,(H,22,24). The van der Waals surface area contributed by atoms with Gasteiger partial charge in [0.2, 0.25) is 15.9 Å². The summed E-state index contributed by atoms with van der Waals surface area (Å²) < 4.78 is 26.7. The van der Waals surface area contributed by atoms with E-state index in [0.717, 1.165) is 33.8 Å². The van der Waals surface area contributed by atoms with Crippen LogP contribution in [-0.2, 0) is 14.8 Å². The highest BCUT2D eigenvalue weighted by Gasteiger charge is 2.34. The number of hydrogen-bond donors (Lipinski definition) is 1. The van der Waals surface area contributed by atoms with Gasteiger partial charge in [-0.3, -0.25) is 4.79 Å². The van der Waals surface area contributed by atoms with E-state index in [1.807, 2.05) is 44.2 Å². The predicted octanol–water partition coefficient (Wildman–Crippen LogP) is 3.19. The molecule has 27 heavy (non-hydrogen) atoms. The van der Waals surface area contributed by atoms with Crippen molar-refractivity contribution < 1.29 is 13.2 Å². The monoisotopic (exact) mass is 386 g/mol. The molecular formula is C21H26N2O3S. The number of rotatable bonds is 7. The van der Waals surface area contributed by atoms with E-state index in [1.54, 1.807) is 18.2 Å². The number of hydrogen-bond acceptors (Lipinski definition) is 3. The summed E-state index contributed by atoms with van der Waals surface area (Å²) >= 11 is 0. The third-order valence-corrected chi connectivity index (χ3v) is 6.92. The van der Waals surface area contributed by atoms with Crippen LogP contribution < -0.4 is 5.32 Å². The van der Waals surface area contributed by atoms with Gasteiger partial charge < -0.3 is 5.32 Å². The second kappa shape index (κ2) is 7.82. The maximum Gasteiger partial charge on any atom is 0.243 e. The Bertz CT molecular complexity index is 922. The number of amides is 1. The number of nitrogens with one attached hydrogen (secondary N) is 1. The van der Waals surface area contributed by atoms with Crippen LogP contribution in [-0.4, -0.2) is 32.2 Å². The molecule has 2 aromatic carbocycles. The Morgan fingerprint density at radius 2 is 1.78 bits per heavy atom. The van der Waals surface area contributed by atoms with E-state index in [9.17, 15) is 13.2 Å². The molecule has 1 atom stereocenters. The van der Waals surface area contributed by atoms with Crippen LogP contribution in [0.2, 0.25) is 0 Å². The predicted molar refractivity (Wildman–Crippen MR) is 106 cm³/mol. The summed E-state index contributed by atoms with van der Waals surface area (Å²) in [5, 5.41) is 3.03. The molecule has 2 aromatic rings. The maximum absolute atomic E-state index is 12.8. The molecule has 6 heteroatoms. The minimum atomic E-state index is -3.71. The summed E-state index contributed by atoms with van der Waals surface area (Å²) in [5.41, 5.74) is 3.00. The van der Waals surface area contributed by atoms with Gasteiger partial charge in [0.15, 0.2) is 0 Å². The molecule has 1 amide bonds. The molecule has 1 fully saturated rings. The number of nitrogens with zero attached hydrogens (tertiary/aromatic N) is 1. The molecule has 1 aliphatic rings. The van der Waals surface area contributed by atoms with Crippen LogP contribution in [0.1, 0.15) is 35.6 Å². The summed E-state index contributed by atoms with van der Waals surface area (Å²) in [4.78, 5) is 12.8. The van der Waals surface area contributed by atoms with Crippen LogP contribution in [0.3, 0.4) is 0 Å². The molecule has 0 heterocycles. The number of aryl methyl sites for hydroxylation is 2. The quantitative estimate of drug-likeness (QED) is 0.795. The smallest absolute Gasteiger partial charge is 0.243 e. The van der Waals surface area contributed by atoms with Crippen LogP contribution >= 0.6 is 0 Å². The van der Waals surface area contributed by atoms with Gasteiger partial charge in [-0.1, -0.05) is 36.4 Å². The van der Waals surface area contributed by atoms with Crippen molar-refractivity contribution in [3.05, 3.63) is 65.2 Å². The topological polar surface area (TPSA) is 66.5 Å². The molecule has 1 saturated carbocycles. The first-order chi connectivity index (χ1) is 12.8. The molecule has 1 aliphatic carbocycles. The Hall–Kier alpha value is -2.18. The van der Waals surface area contributed by atoms with E-state index >= 15 is 0 Å². The highest BCUT2D eigenvalue weighted by atomic mass is 32.2. The van der Waals surface area contributed by atoms with Gasteiger partial charge in [0.05, 0.1) is 17.5 Å². The van der Waals surface area contributed by atoms with E-state index in [4.69, 9.17) is 0 Å². The average Bonchev–Trinajstić information content (AvgIpc) is 3.47. The molecule has 144 valence electrons. The molecule has 1 unspecified atom stereocenters. The van der Waals surface area contributed by atoms with Crippen LogP contribution in [0.5, 0.6) is 0 Å². The molecule has 0 bridgehead atoms. The Labute approximate surface area is 161 Å². The van der Waals surface area contributed by atoms with E-state index in [0.29, 0.717) is 5.92 Å². The van der Waals surface area contributed by atoms with Crippen molar-refractivity contribution >= 4 is 15.9 Å². The van der Waals surface area contributed by atoms with Crippen molar-refractivity contribution in [2.75, 3.05) is 13.6 Å². The van der Waals surface area contributed by atoms with Crippen molar-refractivity contribution in [3.63, 3.8) is 0 Å². The van der Waals surface area contributed by atoms with Crippen molar-refractivity contribution in [1.82, 2.24) is 9.62 Å². The van der Waals surface area contributed by atoms with E-state index in [1.165, 1.54) is 7.05 Å². The molecule has 1 N–H and O–H groups in total. The van der Waals surface area contributed by atoms with Gasteiger partial charge in [0, 0.05) is 7.05 Å². The molecule has 0 radical (unpaired) electrons. The fourth-order valence-corrected chi connectivity index (χ4v) is 4.34. The van der Waals surface area contributed by atoms with Crippen molar-refractivity contribution in [3.8, 4) is 0 Å². The van der Waals surface area contributed by atoms with Crippen LogP contribution in [0.4, 0.5) is 0 Å². The van der Waals surface area contributed by atoms with Gasteiger partial charge in [-0.25, -0.2) is 8.42 Å². The second-order valence-electron chi connectivity index (χ2n) is 7.30. The molecule has 3 rings (SSSR count). The third kappa shape index (κ3) is 4.57. The van der Waals surface area contributed by atoms with Gasteiger partial charge in [-0.15, -0.1) is 0 Å². The lowest BCUT2D eigenvalue weighted by Gasteiger charge is -2.22. The van der Waals surface area contributed by atoms with Gasteiger partial charge in [0.1, 0.15) is 0 Å². The zero-order valence-electron chi connectivity index (χ0n) is 16.0. The van der Waals surface area contributed by atoms with E-state index in [-0.39, 0.29) is 23.4 Å². The van der Waals surface area contributed by atoms with Crippen LogP contribution in [0, 0.1) is 19.8 Å². The Morgan fingerprint density at radius 1 is 1.11 bits per heavy atom. The largest absolute Gasteiger partial charge is 0.348 e. The summed E-state index contributed by atoms with van der Waals surface area (Å²) in [6, 6.07) is 14.8. The van der Waals surface area contributed by atoms with E-state index in [2.05, 4.69) is 5.32 Å². The minimum absolute atomic E-state index is 0.0589. The maximum atomic E-state index is 12.8. The first-order valence-electron chi connectivity index (χ1n) is 9.17. The molecular weight excluding hydrogens is 360 g/mol. The first kappa shape index (κ1) is 19.6. The molecule has 0 spiro atoms. The third-order valence-electron chi connectivity index (χ3n) is 5.12. The Kier molecular flexibility index (Phi) is 5.67. The average molecular weight is 387 g/mol. The lowest BCUT2D eigenvalue weighted by molar-refractivity contribution is -0.122. The van der Waals surface area contributed by atoms with Crippen LogP contribution in [0.15, 0.2) is 53.4 Å². The lowest BCUT2D eigenvalue weighted by atomic mass is 10.0. The Balaban J connectivity index is 1.70. The zero-order chi connectivity index (χ0) is 19.6. The Morgan fingerprint density at radius 3 is 2.37 bits per heavy atom. The number of carbonyl (C=O) groups excluding carboxylic acids is 1. The molecule has 0 saturated heterocycles. The van der Waals surface area contributed by atoms with Gasteiger partial charge >= 0.3 is 0 Å². The summed E-state index contributed by atoms with van der Waals surface area (Å²) in [6.07, 6.45) is 2.16. The van der Waals surface area contributed by atoms with Gasteiger partial charge in [-0.05, 0) is 61.4 Å². The SMILES string of the molecule is Cc1ccc(S(=O)(=O)N(C)CC(=O)NC(c2ccccc2)C2CC2)cc1C. The number of carbonyl (C=O) groups is 1. The molecule has 0 aromatic heterocycles. The van der Waals surface area contributed by atoms with Gasteiger partial charge in [-0.2, -0.15) is 4.31 Å². The summed E-state index contributed by atoms with van der Waals surface area (Å²) in [6.45, 7) is 3.61. The summed E-state index contributed by atoms with van der Waals surface area (Å²) in [5.74, 6) is 0.142. The minimum Gasteiger partial charge on any atom is -0.348 e. The molecule has 5 nitrogen and oxygen atoms in total.